The van der Waals surface area contributed by atoms with Gasteiger partial charge in [0.05, 0.1) is 51.1 Å². The van der Waals surface area contributed by atoms with E-state index in [9.17, 15) is 36.9 Å². The Hall–Kier alpha value is -9.65. The summed E-state index contributed by atoms with van der Waals surface area (Å²) in [6.45, 7) is 0. The van der Waals surface area contributed by atoms with Crippen LogP contribution in [-0.2, 0) is 12.4 Å². The second-order valence-electron chi connectivity index (χ2n) is 17.3. The summed E-state index contributed by atoms with van der Waals surface area (Å²) in [4.78, 5) is 14.8. The quantitative estimate of drug-likeness (QED) is 0.142. The molecule has 0 N–H and O–H groups in total. The zero-order chi connectivity index (χ0) is 50.4. The van der Waals surface area contributed by atoms with Crippen LogP contribution in [0.15, 0.2) is 206 Å². The Morgan fingerprint density at radius 2 is 0.685 bits per heavy atom. The fraction of sp³-hybridized carbons (Fsp3) is 0.0328. The van der Waals surface area contributed by atoms with Gasteiger partial charge in [0.15, 0.2) is 17.5 Å². The molecule has 12 heteroatoms. The molecule has 0 saturated heterocycles. The Bertz CT molecular complexity index is 3720. The molecule has 0 saturated carbocycles. The molecular weight excluding hydrogens is 931 g/mol. The van der Waals surface area contributed by atoms with E-state index in [4.69, 9.17) is 15.0 Å². The van der Waals surface area contributed by atoms with Gasteiger partial charge in [-0.1, -0.05) is 121 Å². The van der Waals surface area contributed by atoms with Crippen LogP contribution >= 0.6 is 0 Å². The van der Waals surface area contributed by atoms with Gasteiger partial charge in [-0.3, -0.25) is 0 Å². The van der Waals surface area contributed by atoms with Gasteiger partial charge in [-0.15, -0.1) is 0 Å². The first-order chi connectivity index (χ1) is 35.3. The summed E-state index contributed by atoms with van der Waals surface area (Å²) in [6, 6.07) is 62.3. The van der Waals surface area contributed by atoms with Gasteiger partial charge in [-0.2, -0.15) is 36.9 Å². The van der Waals surface area contributed by atoms with Crippen molar-refractivity contribution in [2.75, 3.05) is 0 Å². The van der Waals surface area contributed by atoms with Gasteiger partial charge < -0.3 is 4.57 Å². The number of fused-ring (bicyclic) bond motifs is 3. The van der Waals surface area contributed by atoms with Crippen molar-refractivity contribution in [3.05, 3.63) is 229 Å². The van der Waals surface area contributed by atoms with Gasteiger partial charge in [0, 0.05) is 38.6 Å². The molecule has 0 aliphatic rings. The third-order valence-corrected chi connectivity index (χ3v) is 12.8. The molecule has 11 aromatic rings. The van der Waals surface area contributed by atoms with E-state index >= 15 is 0 Å². The minimum atomic E-state index is -4.65. The lowest BCUT2D eigenvalue weighted by molar-refractivity contribution is -0.138. The zero-order valence-corrected chi connectivity index (χ0v) is 38.1. The maximum Gasteiger partial charge on any atom is 0.416 e. The van der Waals surface area contributed by atoms with E-state index in [1.54, 1.807) is 36.4 Å². The maximum absolute atomic E-state index is 14.3. The highest BCUT2D eigenvalue weighted by Gasteiger charge is 2.32. The molecule has 0 spiro atoms. The number of rotatable bonds is 8. The summed E-state index contributed by atoms with van der Waals surface area (Å²) in [7, 11) is 0. The predicted molar refractivity (Wildman–Crippen MR) is 272 cm³/mol. The number of benzene rings is 9. The average molecular weight is 965 g/mol. The highest BCUT2D eigenvalue weighted by Crippen LogP contribution is 2.46. The molecule has 0 bridgehead atoms. The molecule has 0 aliphatic heterocycles. The number of nitrogens with zero attached hydrogens (tertiary/aromatic N) is 6. The number of nitriles is 2. The largest absolute Gasteiger partial charge is 0.416 e. The lowest BCUT2D eigenvalue weighted by atomic mass is 9.91. The predicted octanol–water partition coefficient (Wildman–Crippen LogP) is 16.4. The number of hydrogen-bond donors (Lipinski definition) is 0. The molecule has 11 rings (SSSR count). The molecule has 6 nitrogen and oxygen atoms in total. The van der Waals surface area contributed by atoms with E-state index < -0.39 is 23.5 Å². The molecule has 350 valence electrons. The molecule has 0 radical (unpaired) electrons. The first-order valence-corrected chi connectivity index (χ1v) is 22.8. The highest BCUT2D eigenvalue weighted by atomic mass is 19.4. The first-order valence-electron chi connectivity index (χ1n) is 22.8. The molecular formula is C61H34F6N6. The van der Waals surface area contributed by atoms with Crippen LogP contribution in [0.25, 0.3) is 106 Å². The van der Waals surface area contributed by atoms with Crippen molar-refractivity contribution in [2.45, 2.75) is 12.4 Å². The van der Waals surface area contributed by atoms with Crippen LogP contribution in [0, 0.1) is 22.7 Å². The zero-order valence-electron chi connectivity index (χ0n) is 38.1. The summed E-state index contributed by atoms with van der Waals surface area (Å²) in [5.41, 5.74) is 7.81. The topological polar surface area (TPSA) is 91.2 Å². The second kappa shape index (κ2) is 18.3. The fourth-order valence-electron chi connectivity index (χ4n) is 9.16. The maximum atomic E-state index is 14.3. The van der Waals surface area contributed by atoms with Crippen LogP contribution in [0.1, 0.15) is 22.3 Å². The lowest BCUT2D eigenvalue weighted by Gasteiger charge is -2.22. The van der Waals surface area contributed by atoms with Crippen LogP contribution in [-0.4, -0.2) is 19.5 Å². The highest BCUT2D eigenvalue weighted by molar-refractivity contribution is 6.13. The van der Waals surface area contributed by atoms with E-state index in [1.807, 2.05) is 126 Å². The molecule has 0 atom stereocenters. The first kappa shape index (κ1) is 45.8. The molecule has 0 unspecified atom stereocenters. The standard InChI is InChI=1S/C61H34F6N6/c62-60(63,64)48-25-19-41(20-26-48)50-33-47(59-71-57(43-7-3-1-4-8-43)70-58(72-59)44-9-5-2-6-10-44)34-51(42-21-27-49(28-22-42)61(65,66)67)56(50)73-54-29-23-45(39-15-11-37(35-68)12-16-39)31-52(54)53-32-46(24-30-55(53)73)40-17-13-38(36-69)14-18-40/h1-34H. The smallest absolute Gasteiger partial charge is 0.308 e. The Morgan fingerprint density at radius 3 is 1.04 bits per heavy atom. The van der Waals surface area contributed by atoms with Crippen molar-refractivity contribution in [2.24, 2.45) is 0 Å². The summed E-state index contributed by atoms with van der Waals surface area (Å²) in [5, 5.41) is 20.7. The van der Waals surface area contributed by atoms with Crippen LogP contribution in [0.2, 0.25) is 0 Å². The van der Waals surface area contributed by atoms with Crippen molar-refractivity contribution in [3.8, 4) is 96.5 Å². The fourth-order valence-corrected chi connectivity index (χ4v) is 9.16. The minimum absolute atomic E-state index is 0.210. The van der Waals surface area contributed by atoms with Crippen molar-refractivity contribution in [3.63, 3.8) is 0 Å². The lowest BCUT2D eigenvalue weighted by Crippen LogP contribution is -2.06. The minimum Gasteiger partial charge on any atom is -0.308 e. The van der Waals surface area contributed by atoms with Crippen molar-refractivity contribution in [1.29, 1.82) is 10.5 Å². The number of aromatic nitrogens is 4. The van der Waals surface area contributed by atoms with Crippen molar-refractivity contribution < 1.29 is 26.3 Å². The molecule has 73 heavy (non-hydrogen) atoms. The Kier molecular flexibility index (Phi) is 11.5. The molecule has 0 aliphatic carbocycles. The van der Waals surface area contributed by atoms with E-state index in [1.165, 1.54) is 24.3 Å². The van der Waals surface area contributed by atoms with Crippen LogP contribution in [0.3, 0.4) is 0 Å². The van der Waals surface area contributed by atoms with E-state index in [0.717, 1.165) is 57.3 Å². The van der Waals surface area contributed by atoms with Gasteiger partial charge in [-0.05, 0) is 118 Å². The molecule has 2 aromatic heterocycles. The molecule has 9 aromatic carbocycles. The van der Waals surface area contributed by atoms with Crippen molar-refractivity contribution in [1.82, 2.24) is 19.5 Å². The van der Waals surface area contributed by atoms with Gasteiger partial charge in [0.1, 0.15) is 0 Å². The van der Waals surface area contributed by atoms with E-state index in [2.05, 4.69) is 12.1 Å². The Balaban J connectivity index is 1.26. The second-order valence-corrected chi connectivity index (χ2v) is 17.3. The molecule has 2 heterocycles. The third-order valence-electron chi connectivity index (χ3n) is 12.8. The summed E-state index contributed by atoms with van der Waals surface area (Å²) < 4.78 is 87.6. The number of alkyl halides is 6. The van der Waals surface area contributed by atoms with Crippen LogP contribution in [0.5, 0.6) is 0 Å². The Labute approximate surface area is 414 Å². The SMILES string of the molecule is N#Cc1ccc(-c2ccc3c(c2)c2cc(-c4ccc(C#N)cc4)ccc2n3-c2c(-c3ccc(C(F)(F)F)cc3)cc(-c3nc(-c4ccccc4)nc(-c4ccccc4)n3)cc2-c2ccc(C(F)(F)F)cc2)cc1. The third kappa shape index (κ3) is 8.83. The number of hydrogen-bond acceptors (Lipinski definition) is 5. The molecule has 0 amide bonds. The summed E-state index contributed by atoms with van der Waals surface area (Å²) in [6.07, 6.45) is -9.29. The van der Waals surface area contributed by atoms with Gasteiger partial charge in [0.2, 0.25) is 0 Å². The van der Waals surface area contributed by atoms with Gasteiger partial charge in [-0.25, -0.2) is 15.0 Å². The van der Waals surface area contributed by atoms with Crippen molar-refractivity contribution >= 4 is 21.8 Å². The Morgan fingerprint density at radius 1 is 0.342 bits per heavy atom. The summed E-state index contributed by atoms with van der Waals surface area (Å²) >= 11 is 0. The van der Waals surface area contributed by atoms with Crippen LogP contribution < -0.4 is 0 Å². The average Bonchev–Trinajstić information content (AvgIpc) is 3.75. The molecule has 0 fully saturated rings. The van der Waals surface area contributed by atoms with E-state index in [0.29, 0.717) is 78.4 Å². The van der Waals surface area contributed by atoms with Gasteiger partial charge >= 0.3 is 12.4 Å². The normalized spacial score (nSPS) is 11.7. The van der Waals surface area contributed by atoms with E-state index in [-0.39, 0.29) is 5.82 Å². The number of halogens is 6. The summed E-state index contributed by atoms with van der Waals surface area (Å²) in [5.74, 6) is 0.903. The monoisotopic (exact) mass is 964 g/mol. The van der Waals surface area contributed by atoms with Crippen LogP contribution in [0.4, 0.5) is 26.3 Å². The van der Waals surface area contributed by atoms with Gasteiger partial charge in [0.25, 0.3) is 0 Å².